The van der Waals surface area contributed by atoms with E-state index in [0.717, 1.165) is 0 Å². The molecule has 0 spiro atoms. The molecule has 0 aliphatic carbocycles. The number of methoxy groups -OCH3 is 2. The Balaban J connectivity index is 1.57. The normalized spacial score (nSPS) is 12.1. The van der Waals surface area contributed by atoms with Gasteiger partial charge >= 0.3 is 0 Å². The van der Waals surface area contributed by atoms with E-state index in [1.54, 1.807) is 61.7 Å². The topological polar surface area (TPSA) is 88.9 Å². The number of ether oxygens (including phenoxy) is 4. The predicted octanol–water partition coefficient (Wildman–Crippen LogP) is 4.11. The molecule has 2 heterocycles. The SMILES string of the molecule is COc1ccc(OC)c(-n2c(SCC(=O)c3ccc4c(c3)OCO4)nc3ccccc3c2=O)c1. The summed E-state index contributed by atoms with van der Waals surface area (Å²) in [5.74, 6) is 2.12. The van der Waals surface area contributed by atoms with Crippen LogP contribution in [0.5, 0.6) is 23.0 Å². The van der Waals surface area contributed by atoms with Crippen molar-refractivity contribution in [1.29, 1.82) is 0 Å². The Kier molecular flexibility index (Phi) is 5.85. The molecule has 0 atom stereocenters. The minimum atomic E-state index is -0.268. The zero-order valence-electron chi connectivity index (χ0n) is 18.4. The summed E-state index contributed by atoms with van der Waals surface area (Å²) in [6.07, 6.45) is 0. The molecule has 172 valence electrons. The molecule has 0 fully saturated rings. The van der Waals surface area contributed by atoms with Crippen LogP contribution in [-0.4, -0.2) is 42.1 Å². The van der Waals surface area contributed by atoms with Crippen LogP contribution < -0.4 is 24.5 Å². The van der Waals surface area contributed by atoms with Crippen molar-refractivity contribution in [3.8, 4) is 28.7 Å². The highest BCUT2D eigenvalue weighted by molar-refractivity contribution is 7.99. The van der Waals surface area contributed by atoms with Crippen molar-refractivity contribution in [3.63, 3.8) is 0 Å². The van der Waals surface area contributed by atoms with Crippen LogP contribution in [0.3, 0.4) is 0 Å². The first-order chi connectivity index (χ1) is 16.6. The Labute approximate surface area is 199 Å². The number of nitrogens with zero attached hydrogens (tertiary/aromatic N) is 2. The predicted molar refractivity (Wildman–Crippen MR) is 128 cm³/mol. The Morgan fingerprint density at radius 1 is 1.03 bits per heavy atom. The number of benzene rings is 3. The van der Waals surface area contributed by atoms with Gasteiger partial charge in [-0.15, -0.1) is 0 Å². The molecular formula is C25H20N2O6S. The zero-order valence-corrected chi connectivity index (χ0v) is 19.3. The molecule has 0 unspecified atom stereocenters. The van der Waals surface area contributed by atoms with Gasteiger partial charge in [-0.1, -0.05) is 23.9 Å². The molecule has 9 heteroatoms. The second kappa shape index (κ2) is 9.11. The van der Waals surface area contributed by atoms with E-state index in [4.69, 9.17) is 23.9 Å². The summed E-state index contributed by atoms with van der Waals surface area (Å²) in [5.41, 5.74) is 1.24. The quantitative estimate of drug-likeness (QED) is 0.224. The van der Waals surface area contributed by atoms with E-state index in [2.05, 4.69) is 0 Å². The maximum absolute atomic E-state index is 13.6. The summed E-state index contributed by atoms with van der Waals surface area (Å²) in [5, 5.41) is 0.822. The number of hydrogen-bond donors (Lipinski definition) is 0. The Hall–Kier alpha value is -3.98. The van der Waals surface area contributed by atoms with Crippen molar-refractivity contribution in [2.75, 3.05) is 26.8 Å². The van der Waals surface area contributed by atoms with Crippen LogP contribution in [0, 0.1) is 0 Å². The lowest BCUT2D eigenvalue weighted by atomic mass is 10.1. The van der Waals surface area contributed by atoms with Gasteiger partial charge in [-0.25, -0.2) is 4.98 Å². The summed E-state index contributed by atoms with van der Waals surface area (Å²) in [7, 11) is 3.08. The molecule has 1 aliphatic rings. The van der Waals surface area contributed by atoms with E-state index in [-0.39, 0.29) is 23.9 Å². The van der Waals surface area contributed by atoms with Gasteiger partial charge in [0.1, 0.15) is 11.5 Å². The molecule has 4 aromatic rings. The van der Waals surface area contributed by atoms with Gasteiger partial charge in [0.15, 0.2) is 22.4 Å². The minimum absolute atomic E-state index is 0.0662. The highest BCUT2D eigenvalue weighted by Gasteiger charge is 2.20. The highest BCUT2D eigenvalue weighted by atomic mass is 32.2. The number of hydrogen-bond acceptors (Lipinski definition) is 8. The average Bonchev–Trinajstić information content (AvgIpc) is 3.35. The smallest absolute Gasteiger partial charge is 0.266 e. The minimum Gasteiger partial charge on any atom is -0.497 e. The van der Waals surface area contributed by atoms with Crippen molar-refractivity contribution in [2.24, 2.45) is 0 Å². The fourth-order valence-electron chi connectivity index (χ4n) is 3.68. The van der Waals surface area contributed by atoms with Crippen LogP contribution in [0.2, 0.25) is 0 Å². The maximum atomic E-state index is 13.6. The second-order valence-corrected chi connectivity index (χ2v) is 8.31. The summed E-state index contributed by atoms with van der Waals surface area (Å²) in [4.78, 5) is 31.2. The van der Waals surface area contributed by atoms with Gasteiger partial charge in [0.2, 0.25) is 6.79 Å². The van der Waals surface area contributed by atoms with E-state index in [9.17, 15) is 9.59 Å². The monoisotopic (exact) mass is 476 g/mol. The van der Waals surface area contributed by atoms with Crippen LogP contribution in [-0.2, 0) is 0 Å². The lowest BCUT2D eigenvalue weighted by Crippen LogP contribution is -2.22. The molecule has 1 aromatic heterocycles. The maximum Gasteiger partial charge on any atom is 0.266 e. The largest absolute Gasteiger partial charge is 0.497 e. The standard InChI is InChI=1S/C25H20N2O6S/c1-30-16-8-10-21(31-2)19(12-16)27-24(29)17-5-3-4-6-18(17)26-25(27)34-13-20(28)15-7-9-22-23(11-15)33-14-32-22/h3-12H,13-14H2,1-2H3. The van der Waals surface area contributed by atoms with Crippen molar-refractivity contribution in [1.82, 2.24) is 9.55 Å². The molecule has 0 saturated heterocycles. The third-order valence-electron chi connectivity index (χ3n) is 5.40. The zero-order chi connectivity index (χ0) is 23.7. The van der Waals surface area contributed by atoms with Gasteiger partial charge in [0, 0.05) is 11.6 Å². The Bertz CT molecular complexity index is 1470. The number of carbonyl (C=O) groups is 1. The van der Waals surface area contributed by atoms with E-state index < -0.39 is 0 Å². The molecule has 0 radical (unpaired) electrons. The second-order valence-electron chi connectivity index (χ2n) is 7.37. The molecule has 0 N–H and O–H groups in total. The van der Waals surface area contributed by atoms with E-state index in [0.29, 0.717) is 50.3 Å². The van der Waals surface area contributed by atoms with Gasteiger partial charge < -0.3 is 18.9 Å². The number of thioether (sulfide) groups is 1. The van der Waals surface area contributed by atoms with Crippen molar-refractivity contribution < 1.29 is 23.7 Å². The first-order valence-corrected chi connectivity index (χ1v) is 11.4. The first-order valence-electron chi connectivity index (χ1n) is 10.4. The number of Topliss-reactive ketones (excluding diaryl/α,β-unsaturated/α-hetero) is 1. The van der Waals surface area contributed by atoms with E-state index in [1.165, 1.54) is 23.4 Å². The van der Waals surface area contributed by atoms with E-state index >= 15 is 0 Å². The highest BCUT2D eigenvalue weighted by Crippen LogP contribution is 2.34. The van der Waals surface area contributed by atoms with Gasteiger partial charge in [-0.3, -0.25) is 14.2 Å². The van der Waals surface area contributed by atoms with Gasteiger partial charge in [-0.2, -0.15) is 0 Å². The van der Waals surface area contributed by atoms with Gasteiger partial charge in [0.05, 0.1) is 36.6 Å². The number of ketones is 1. The summed E-state index contributed by atoms with van der Waals surface area (Å²) < 4.78 is 23.0. The molecule has 0 saturated carbocycles. The summed E-state index contributed by atoms with van der Waals surface area (Å²) >= 11 is 1.17. The van der Waals surface area contributed by atoms with Crippen LogP contribution in [0.25, 0.3) is 16.6 Å². The Morgan fingerprint density at radius 3 is 2.68 bits per heavy atom. The molecule has 34 heavy (non-hydrogen) atoms. The van der Waals surface area contributed by atoms with E-state index in [1.807, 2.05) is 6.07 Å². The fraction of sp³-hybridized carbons (Fsp3) is 0.160. The van der Waals surface area contributed by atoms with Crippen LogP contribution in [0.15, 0.2) is 70.6 Å². The van der Waals surface area contributed by atoms with Crippen LogP contribution in [0.1, 0.15) is 10.4 Å². The lowest BCUT2D eigenvalue weighted by Gasteiger charge is -2.16. The number of aromatic nitrogens is 2. The third-order valence-corrected chi connectivity index (χ3v) is 6.34. The van der Waals surface area contributed by atoms with Gasteiger partial charge in [0.25, 0.3) is 5.56 Å². The first kappa shape index (κ1) is 21.8. The molecular weight excluding hydrogens is 456 g/mol. The van der Waals surface area contributed by atoms with Crippen LogP contribution >= 0.6 is 11.8 Å². The Morgan fingerprint density at radius 2 is 1.85 bits per heavy atom. The van der Waals surface area contributed by atoms with Crippen LogP contribution in [0.4, 0.5) is 0 Å². The van der Waals surface area contributed by atoms with Gasteiger partial charge in [-0.05, 0) is 42.5 Å². The average molecular weight is 477 g/mol. The summed E-state index contributed by atoms with van der Waals surface area (Å²) in [6.45, 7) is 0.136. The molecule has 0 amide bonds. The van der Waals surface area contributed by atoms with Crippen molar-refractivity contribution in [3.05, 3.63) is 76.6 Å². The molecule has 3 aromatic carbocycles. The third kappa shape index (κ3) is 3.94. The molecule has 8 nitrogen and oxygen atoms in total. The number of fused-ring (bicyclic) bond motifs is 2. The molecule has 0 bridgehead atoms. The molecule has 1 aliphatic heterocycles. The lowest BCUT2D eigenvalue weighted by molar-refractivity contribution is 0.102. The van der Waals surface area contributed by atoms with Crippen molar-refractivity contribution in [2.45, 2.75) is 5.16 Å². The number of para-hydroxylation sites is 1. The summed E-state index contributed by atoms with van der Waals surface area (Å²) in [6, 6.07) is 17.4. The number of rotatable bonds is 7. The fourth-order valence-corrected chi connectivity index (χ4v) is 4.58. The molecule has 5 rings (SSSR count). The number of carbonyl (C=O) groups excluding carboxylic acids is 1. The van der Waals surface area contributed by atoms with Crippen molar-refractivity contribution >= 4 is 28.4 Å².